The van der Waals surface area contributed by atoms with Crippen LogP contribution in [0.4, 0.5) is 8.78 Å². The van der Waals surface area contributed by atoms with Gasteiger partial charge in [0.25, 0.3) is 0 Å². The summed E-state index contributed by atoms with van der Waals surface area (Å²) in [7, 11) is 0. The molecule has 0 aliphatic heterocycles. The third-order valence-electron chi connectivity index (χ3n) is 3.06. The van der Waals surface area contributed by atoms with Gasteiger partial charge < -0.3 is 5.73 Å². The Kier molecular flexibility index (Phi) is 3.43. The molecule has 94 valence electrons. The predicted molar refractivity (Wildman–Crippen MR) is 68.3 cm³/mol. The lowest BCUT2D eigenvalue weighted by atomic mass is 9.94. The molecule has 0 amide bonds. The van der Waals surface area contributed by atoms with Gasteiger partial charge in [-0.15, -0.1) is 0 Å². The summed E-state index contributed by atoms with van der Waals surface area (Å²) < 4.78 is 27.0. The van der Waals surface area contributed by atoms with Crippen molar-refractivity contribution in [2.45, 2.75) is 19.9 Å². The summed E-state index contributed by atoms with van der Waals surface area (Å²) in [4.78, 5) is 0. The van der Waals surface area contributed by atoms with Crippen LogP contribution >= 0.6 is 0 Å². The second-order valence-corrected chi connectivity index (χ2v) is 4.50. The summed E-state index contributed by atoms with van der Waals surface area (Å²) in [6.07, 6.45) is 0. The van der Waals surface area contributed by atoms with Crippen LogP contribution in [0.5, 0.6) is 0 Å². The molecule has 1 unspecified atom stereocenters. The van der Waals surface area contributed by atoms with Gasteiger partial charge in [0.2, 0.25) is 0 Å². The van der Waals surface area contributed by atoms with Gasteiger partial charge in [0, 0.05) is 5.56 Å². The molecule has 18 heavy (non-hydrogen) atoms. The first-order valence-electron chi connectivity index (χ1n) is 5.76. The summed E-state index contributed by atoms with van der Waals surface area (Å²) in [6, 6.07) is 8.51. The molecular formula is C15H15F2N. The maximum Gasteiger partial charge on any atom is 0.128 e. The molecule has 0 spiro atoms. The van der Waals surface area contributed by atoms with Gasteiger partial charge in [0.1, 0.15) is 11.6 Å². The molecule has 0 radical (unpaired) electrons. The Morgan fingerprint density at radius 2 is 1.67 bits per heavy atom. The van der Waals surface area contributed by atoms with E-state index in [1.807, 2.05) is 13.8 Å². The van der Waals surface area contributed by atoms with Crippen molar-refractivity contribution in [2.24, 2.45) is 5.73 Å². The van der Waals surface area contributed by atoms with E-state index in [0.29, 0.717) is 11.1 Å². The van der Waals surface area contributed by atoms with Crippen LogP contribution in [0.25, 0.3) is 0 Å². The van der Waals surface area contributed by atoms with E-state index in [-0.39, 0.29) is 11.6 Å². The lowest BCUT2D eigenvalue weighted by Crippen LogP contribution is -2.15. The molecule has 0 bridgehead atoms. The van der Waals surface area contributed by atoms with Gasteiger partial charge in [0.15, 0.2) is 0 Å². The van der Waals surface area contributed by atoms with Gasteiger partial charge in [0.05, 0.1) is 6.04 Å². The minimum absolute atomic E-state index is 0.362. The van der Waals surface area contributed by atoms with Crippen LogP contribution in [0.15, 0.2) is 36.4 Å². The zero-order valence-electron chi connectivity index (χ0n) is 10.4. The first-order valence-corrected chi connectivity index (χ1v) is 5.76. The van der Waals surface area contributed by atoms with Crippen molar-refractivity contribution in [2.75, 3.05) is 0 Å². The Balaban J connectivity index is 2.50. The SMILES string of the molecule is Cc1ccc(F)c(C(N)c2cc(F)ccc2C)c1. The van der Waals surface area contributed by atoms with Crippen molar-refractivity contribution >= 4 is 0 Å². The molecule has 0 heterocycles. The summed E-state index contributed by atoms with van der Waals surface area (Å²) >= 11 is 0. The second kappa shape index (κ2) is 4.86. The average Bonchev–Trinajstić information content (AvgIpc) is 2.34. The van der Waals surface area contributed by atoms with Gasteiger partial charge in [-0.05, 0) is 43.2 Å². The van der Waals surface area contributed by atoms with Crippen molar-refractivity contribution in [3.63, 3.8) is 0 Å². The molecule has 0 aromatic heterocycles. The number of nitrogens with two attached hydrogens (primary N) is 1. The molecule has 3 heteroatoms. The zero-order chi connectivity index (χ0) is 13.3. The van der Waals surface area contributed by atoms with Crippen LogP contribution in [-0.2, 0) is 0 Å². The first kappa shape index (κ1) is 12.7. The van der Waals surface area contributed by atoms with Crippen molar-refractivity contribution in [3.8, 4) is 0 Å². The molecule has 1 nitrogen and oxygen atoms in total. The Morgan fingerprint density at radius 3 is 2.39 bits per heavy atom. The predicted octanol–water partition coefficient (Wildman–Crippen LogP) is 3.63. The number of halogens is 2. The topological polar surface area (TPSA) is 26.0 Å². The molecule has 1 atom stereocenters. The quantitative estimate of drug-likeness (QED) is 0.861. The molecule has 2 rings (SSSR count). The lowest BCUT2D eigenvalue weighted by Gasteiger charge is -2.16. The number of benzene rings is 2. The van der Waals surface area contributed by atoms with Crippen LogP contribution in [0, 0.1) is 25.5 Å². The molecule has 2 aromatic rings. The average molecular weight is 247 g/mol. The highest BCUT2D eigenvalue weighted by Crippen LogP contribution is 2.26. The molecule has 0 saturated carbocycles. The van der Waals surface area contributed by atoms with E-state index >= 15 is 0 Å². The van der Waals surface area contributed by atoms with E-state index in [4.69, 9.17) is 5.73 Å². The number of rotatable bonds is 2. The largest absolute Gasteiger partial charge is 0.320 e. The summed E-state index contributed by atoms with van der Waals surface area (Å²) in [6.45, 7) is 3.70. The second-order valence-electron chi connectivity index (χ2n) is 4.50. The Bertz CT molecular complexity index is 527. The van der Waals surface area contributed by atoms with E-state index in [1.165, 1.54) is 18.2 Å². The van der Waals surface area contributed by atoms with Gasteiger partial charge in [-0.2, -0.15) is 0 Å². The highest BCUT2D eigenvalue weighted by Gasteiger charge is 2.16. The summed E-state index contributed by atoms with van der Waals surface area (Å²) in [5, 5.41) is 0. The third-order valence-corrected chi connectivity index (χ3v) is 3.06. The first-order chi connectivity index (χ1) is 8.49. The van der Waals surface area contributed by atoms with Crippen LogP contribution in [0.1, 0.15) is 28.3 Å². The molecule has 0 aliphatic carbocycles. The van der Waals surface area contributed by atoms with Gasteiger partial charge in [-0.25, -0.2) is 8.78 Å². The maximum atomic E-state index is 13.8. The lowest BCUT2D eigenvalue weighted by molar-refractivity contribution is 0.594. The monoisotopic (exact) mass is 247 g/mol. The number of aryl methyl sites for hydroxylation is 2. The minimum atomic E-state index is -0.652. The fourth-order valence-corrected chi connectivity index (χ4v) is 2.02. The molecular weight excluding hydrogens is 232 g/mol. The number of hydrogen-bond donors (Lipinski definition) is 1. The van der Waals surface area contributed by atoms with Crippen LogP contribution in [0.2, 0.25) is 0 Å². The van der Waals surface area contributed by atoms with Gasteiger partial charge >= 0.3 is 0 Å². The Labute approximate surface area is 105 Å². The Morgan fingerprint density at radius 1 is 0.944 bits per heavy atom. The minimum Gasteiger partial charge on any atom is -0.320 e. The van der Waals surface area contributed by atoms with Gasteiger partial charge in [-0.1, -0.05) is 23.8 Å². The molecule has 0 fully saturated rings. The van der Waals surface area contributed by atoms with Crippen molar-refractivity contribution < 1.29 is 8.78 Å². The van der Waals surface area contributed by atoms with E-state index < -0.39 is 6.04 Å². The van der Waals surface area contributed by atoms with Crippen LogP contribution in [-0.4, -0.2) is 0 Å². The van der Waals surface area contributed by atoms with Gasteiger partial charge in [-0.3, -0.25) is 0 Å². The highest BCUT2D eigenvalue weighted by atomic mass is 19.1. The fraction of sp³-hybridized carbons (Fsp3) is 0.200. The summed E-state index contributed by atoms with van der Waals surface area (Å²) in [5.74, 6) is -0.726. The van der Waals surface area contributed by atoms with Crippen molar-refractivity contribution in [1.82, 2.24) is 0 Å². The zero-order valence-corrected chi connectivity index (χ0v) is 10.4. The number of hydrogen-bond acceptors (Lipinski definition) is 1. The van der Waals surface area contributed by atoms with Crippen molar-refractivity contribution in [3.05, 3.63) is 70.3 Å². The molecule has 0 saturated heterocycles. The van der Waals surface area contributed by atoms with Crippen LogP contribution < -0.4 is 5.73 Å². The van der Waals surface area contributed by atoms with E-state index in [2.05, 4.69) is 0 Å². The van der Waals surface area contributed by atoms with E-state index in [0.717, 1.165) is 11.1 Å². The van der Waals surface area contributed by atoms with E-state index in [1.54, 1.807) is 18.2 Å². The molecule has 2 N–H and O–H groups in total. The fourth-order valence-electron chi connectivity index (χ4n) is 2.02. The standard InChI is InChI=1S/C15H15F2N/c1-9-3-6-14(17)13(7-9)15(18)12-8-11(16)5-4-10(12)2/h3-8,15H,18H2,1-2H3. The summed E-state index contributed by atoms with van der Waals surface area (Å²) in [5.41, 5.74) is 8.83. The normalized spacial score (nSPS) is 12.5. The molecule has 2 aromatic carbocycles. The Hall–Kier alpha value is -1.74. The van der Waals surface area contributed by atoms with Crippen LogP contribution in [0.3, 0.4) is 0 Å². The maximum absolute atomic E-state index is 13.8. The smallest absolute Gasteiger partial charge is 0.128 e. The molecule has 0 aliphatic rings. The van der Waals surface area contributed by atoms with E-state index in [9.17, 15) is 8.78 Å². The third kappa shape index (κ3) is 2.41. The highest BCUT2D eigenvalue weighted by molar-refractivity contribution is 5.38. The van der Waals surface area contributed by atoms with Crippen molar-refractivity contribution in [1.29, 1.82) is 0 Å².